The van der Waals surface area contributed by atoms with Gasteiger partial charge < -0.3 is 10.1 Å². The molecular weight excluding hydrogens is 407 g/mol. The number of halogens is 1. The van der Waals surface area contributed by atoms with Crippen LogP contribution in [0.3, 0.4) is 0 Å². The van der Waals surface area contributed by atoms with Crippen molar-refractivity contribution in [2.24, 2.45) is 0 Å². The minimum atomic E-state index is -0.592. The molecule has 1 saturated heterocycles. The highest BCUT2D eigenvalue weighted by Crippen LogP contribution is 2.48. The van der Waals surface area contributed by atoms with Gasteiger partial charge in [0, 0.05) is 5.56 Å². The van der Waals surface area contributed by atoms with Crippen LogP contribution in [0, 0.1) is 12.7 Å². The van der Waals surface area contributed by atoms with Crippen LogP contribution in [0.2, 0.25) is 0 Å². The summed E-state index contributed by atoms with van der Waals surface area (Å²) in [6.07, 6.45) is 3.65. The first-order valence-corrected chi connectivity index (χ1v) is 10.8. The predicted molar refractivity (Wildman–Crippen MR) is 123 cm³/mol. The maximum Gasteiger partial charge on any atom is 0.326 e. The third kappa shape index (κ3) is 3.68. The highest BCUT2D eigenvalue weighted by Gasteiger charge is 2.37. The number of carbonyl (C=O) groups excluding carboxylic acids is 2. The summed E-state index contributed by atoms with van der Waals surface area (Å²) in [5.41, 5.74) is 5.76. The number of amides is 3. The lowest BCUT2D eigenvalue weighted by molar-refractivity contribution is -0.115. The number of ether oxygens (including phenoxy) is 1. The van der Waals surface area contributed by atoms with Crippen LogP contribution < -0.4 is 15.4 Å². The fraction of sp³-hybridized carbons (Fsp3) is 0.385. The van der Waals surface area contributed by atoms with Crippen LogP contribution in [-0.2, 0) is 15.6 Å². The van der Waals surface area contributed by atoms with Gasteiger partial charge in [-0.3, -0.25) is 10.1 Å². The maximum absolute atomic E-state index is 15.0. The van der Waals surface area contributed by atoms with E-state index in [1.165, 1.54) is 30.4 Å². The summed E-state index contributed by atoms with van der Waals surface area (Å²) in [5.74, 6) is -0.914. The SMILES string of the molecule is COc1c(F)cc(C=C2NC(=O)NC2=O)cc1-c1cc2c(cc1C)C(C)(C)CCC2(C)C. The number of imide groups is 1. The fourth-order valence-electron chi connectivity index (χ4n) is 4.77. The molecule has 168 valence electrons. The Hall–Kier alpha value is -3.15. The lowest BCUT2D eigenvalue weighted by Crippen LogP contribution is -2.34. The van der Waals surface area contributed by atoms with E-state index in [0.29, 0.717) is 11.1 Å². The van der Waals surface area contributed by atoms with Crippen molar-refractivity contribution in [2.75, 3.05) is 7.11 Å². The van der Waals surface area contributed by atoms with Gasteiger partial charge in [-0.25, -0.2) is 9.18 Å². The number of nitrogens with one attached hydrogen (secondary N) is 2. The van der Waals surface area contributed by atoms with E-state index in [0.717, 1.165) is 24.0 Å². The van der Waals surface area contributed by atoms with Crippen molar-refractivity contribution < 1.29 is 18.7 Å². The number of urea groups is 1. The van der Waals surface area contributed by atoms with Crippen molar-refractivity contribution in [3.8, 4) is 16.9 Å². The van der Waals surface area contributed by atoms with Crippen molar-refractivity contribution in [3.63, 3.8) is 0 Å². The minimum Gasteiger partial charge on any atom is -0.493 e. The Labute approximate surface area is 188 Å². The Morgan fingerprint density at radius 1 is 0.938 bits per heavy atom. The van der Waals surface area contributed by atoms with E-state index < -0.39 is 17.8 Å². The lowest BCUT2D eigenvalue weighted by atomic mass is 9.62. The number of hydrogen-bond acceptors (Lipinski definition) is 3. The van der Waals surface area contributed by atoms with Gasteiger partial charge in [0.1, 0.15) is 5.70 Å². The lowest BCUT2D eigenvalue weighted by Gasteiger charge is -2.42. The van der Waals surface area contributed by atoms with E-state index >= 15 is 4.39 Å². The molecule has 0 unspecified atom stereocenters. The summed E-state index contributed by atoms with van der Waals surface area (Å²) in [5, 5.41) is 4.59. The Morgan fingerprint density at radius 3 is 2.12 bits per heavy atom. The molecule has 0 bridgehead atoms. The fourth-order valence-corrected chi connectivity index (χ4v) is 4.77. The zero-order valence-electron chi connectivity index (χ0n) is 19.4. The molecule has 5 nitrogen and oxygen atoms in total. The van der Waals surface area contributed by atoms with Gasteiger partial charge in [0.15, 0.2) is 11.6 Å². The highest BCUT2D eigenvalue weighted by atomic mass is 19.1. The first kappa shape index (κ1) is 22.1. The number of methoxy groups -OCH3 is 1. The van der Waals surface area contributed by atoms with Crippen molar-refractivity contribution in [2.45, 2.75) is 58.3 Å². The molecule has 2 aromatic carbocycles. The molecule has 6 heteroatoms. The molecule has 1 heterocycles. The Morgan fingerprint density at radius 2 is 1.56 bits per heavy atom. The second-order valence-corrected chi connectivity index (χ2v) is 10.0. The van der Waals surface area contributed by atoms with Crippen molar-refractivity contribution >= 4 is 18.0 Å². The van der Waals surface area contributed by atoms with Crippen LogP contribution in [0.15, 0.2) is 30.0 Å². The van der Waals surface area contributed by atoms with E-state index in [4.69, 9.17) is 4.74 Å². The molecule has 1 aliphatic heterocycles. The Bertz CT molecular complexity index is 1180. The average Bonchev–Trinajstić information content (AvgIpc) is 3.01. The topological polar surface area (TPSA) is 67.4 Å². The van der Waals surface area contributed by atoms with Gasteiger partial charge in [-0.2, -0.15) is 0 Å². The molecule has 0 saturated carbocycles. The van der Waals surface area contributed by atoms with Crippen LogP contribution >= 0.6 is 0 Å². The molecule has 4 rings (SSSR count). The molecule has 2 N–H and O–H groups in total. The zero-order chi connectivity index (χ0) is 23.4. The van der Waals surface area contributed by atoms with Gasteiger partial charge in [-0.1, -0.05) is 33.8 Å². The normalized spacial score (nSPS) is 20.0. The molecule has 0 atom stereocenters. The van der Waals surface area contributed by atoms with Crippen molar-refractivity contribution in [3.05, 3.63) is 58.0 Å². The van der Waals surface area contributed by atoms with Crippen LogP contribution in [0.4, 0.5) is 9.18 Å². The van der Waals surface area contributed by atoms with E-state index in [1.807, 2.05) is 6.92 Å². The molecule has 0 aromatic heterocycles. The number of rotatable bonds is 3. The van der Waals surface area contributed by atoms with E-state index in [-0.39, 0.29) is 22.3 Å². The summed E-state index contributed by atoms with van der Waals surface area (Å²) in [6.45, 7) is 11.1. The number of aryl methyl sites for hydroxylation is 1. The average molecular weight is 437 g/mol. The van der Waals surface area contributed by atoms with Crippen LogP contribution in [0.1, 0.15) is 62.8 Å². The minimum absolute atomic E-state index is 0.00485. The molecule has 2 aromatic rings. The highest BCUT2D eigenvalue weighted by molar-refractivity contribution is 6.14. The van der Waals surface area contributed by atoms with Crippen LogP contribution in [0.25, 0.3) is 17.2 Å². The smallest absolute Gasteiger partial charge is 0.326 e. The van der Waals surface area contributed by atoms with Gasteiger partial charge >= 0.3 is 6.03 Å². The van der Waals surface area contributed by atoms with E-state index in [1.54, 1.807) is 6.07 Å². The van der Waals surface area contributed by atoms with E-state index in [2.05, 4.69) is 50.5 Å². The van der Waals surface area contributed by atoms with Gasteiger partial charge in [-0.15, -0.1) is 0 Å². The molecule has 1 aliphatic carbocycles. The molecule has 3 amide bonds. The summed E-state index contributed by atoms with van der Waals surface area (Å²) in [4.78, 5) is 23.3. The van der Waals surface area contributed by atoms with Gasteiger partial charge in [0.2, 0.25) is 0 Å². The molecule has 0 radical (unpaired) electrons. The second kappa shape index (κ2) is 7.47. The molecular formula is C26H29FN2O3. The Balaban J connectivity index is 1.92. The van der Waals surface area contributed by atoms with Gasteiger partial charge in [0.05, 0.1) is 7.11 Å². The predicted octanol–water partition coefficient (Wildman–Crippen LogP) is 5.34. The van der Waals surface area contributed by atoms with Crippen LogP contribution in [-0.4, -0.2) is 19.0 Å². The van der Waals surface area contributed by atoms with Gasteiger partial charge in [-0.05, 0) is 82.7 Å². The monoisotopic (exact) mass is 436 g/mol. The largest absolute Gasteiger partial charge is 0.493 e. The third-order valence-corrected chi connectivity index (χ3v) is 6.79. The standard InChI is InChI=1S/C26H29FN2O3/c1-14-9-18-19(26(4,5)8-7-25(18,2)3)13-16(14)17-10-15(11-20(27)22(17)32-6)12-21-23(30)29-24(31)28-21/h9-13H,7-8H2,1-6H3,(H2,28,29,30,31). The first-order chi connectivity index (χ1) is 14.9. The summed E-state index contributed by atoms with van der Waals surface area (Å²) >= 11 is 0. The number of fused-ring (bicyclic) bond motifs is 1. The van der Waals surface area contributed by atoms with Crippen molar-refractivity contribution in [1.82, 2.24) is 10.6 Å². The van der Waals surface area contributed by atoms with Crippen molar-refractivity contribution in [1.29, 1.82) is 0 Å². The molecule has 2 aliphatic rings. The molecule has 1 fully saturated rings. The Kier molecular flexibility index (Phi) is 5.15. The van der Waals surface area contributed by atoms with Gasteiger partial charge in [0.25, 0.3) is 5.91 Å². The summed E-state index contributed by atoms with van der Waals surface area (Å²) < 4.78 is 20.5. The molecule has 0 spiro atoms. The number of carbonyl (C=O) groups is 2. The molecule has 32 heavy (non-hydrogen) atoms. The number of hydrogen-bond donors (Lipinski definition) is 2. The quantitative estimate of drug-likeness (QED) is 0.504. The van der Waals surface area contributed by atoms with Crippen LogP contribution in [0.5, 0.6) is 5.75 Å². The number of benzene rings is 2. The maximum atomic E-state index is 15.0. The second-order valence-electron chi connectivity index (χ2n) is 10.0. The summed E-state index contributed by atoms with van der Waals surface area (Å²) in [7, 11) is 1.45. The van der Waals surface area contributed by atoms with E-state index in [9.17, 15) is 9.59 Å². The third-order valence-electron chi connectivity index (χ3n) is 6.79. The summed E-state index contributed by atoms with van der Waals surface area (Å²) in [6, 6.07) is 6.89. The zero-order valence-corrected chi connectivity index (χ0v) is 19.4. The first-order valence-electron chi connectivity index (χ1n) is 10.8.